The van der Waals surface area contributed by atoms with Gasteiger partial charge in [-0.3, -0.25) is 0 Å². The van der Waals surface area contributed by atoms with Gasteiger partial charge in [0.25, 0.3) is 0 Å². The quantitative estimate of drug-likeness (QED) is 0.447. The third kappa shape index (κ3) is 9.40. The Morgan fingerprint density at radius 1 is 1.88 bits per heavy atom. The van der Waals surface area contributed by atoms with E-state index < -0.39 is 6.16 Å². The second-order valence-electron chi connectivity index (χ2n) is 1.11. The Bertz CT molecular complexity index is 71.5. The summed E-state index contributed by atoms with van der Waals surface area (Å²) < 4.78 is 4.11. The number of hydrogen-bond donors (Lipinski definition) is 1. The van der Waals surface area contributed by atoms with Crippen molar-refractivity contribution in [3.05, 3.63) is 0 Å². The van der Waals surface area contributed by atoms with Gasteiger partial charge < -0.3 is 12.7 Å². The fraction of sp³-hybridized carbons (Fsp3) is 0.750. The van der Waals surface area contributed by atoms with Gasteiger partial charge in [0.2, 0.25) is 0 Å². The molecule has 0 radical (unpaired) electrons. The number of carboxylic acid groups (broad SMARTS) is 1. The minimum atomic E-state index is -1.19. The summed E-state index contributed by atoms with van der Waals surface area (Å²) in [4.78, 5) is 9.54. The predicted molar refractivity (Wildman–Crippen MR) is 32.2 cm³/mol. The van der Waals surface area contributed by atoms with E-state index in [-0.39, 0.29) is 25.9 Å². The molecule has 1 N–H and O–H groups in total. The van der Waals surface area contributed by atoms with E-state index in [1.54, 1.807) is 0 Å². The average molecular weight is 130 g/mol. The molecule has 0 rings (SSSR count). The molecule has 0 heterocycles. The van der Waals surface area contributed by atoms with Crippen LogP contribution in [0.1, 0.15) is 16.2 Å². The van der Waals surface area contributed by atoms with Crippen LogP contribution in [0, 0.1) is 0 Å². The maximum absolute atomic E-state index is 9.54. The third-order valence-corrected chi connectivity index (χ3v) is 0.430. The summed E-state index contributed by atoms with van der Waals surface area (Å²) in [6.45, 7) is 2.15. The van der Waals surface area contributed by atoms with Gasteiger partial charge in [-0.1, -0.05) is 6.92 Å². The number of hydrogen-bond acceptors (Lipinski definition) is 2. The first-order valence-electron chi connectivity index (χ1n) is 2.13. The first-order valence-corrected chi connectivity index (χ1v) is 2.13. The molecule has 0 saturated carbocycles. The smallest absolute Gasteiger partial charge is 1.00 e. The van der Waals surface area contributed by atoms with Gasteiger partial charge in [0.05, 0.1) is 6.61 Å². The van der Waals surface area contributed by atoms with Gasteiger partial charge in [-0.05, 0) is 6.42 Å². The van der Waals surface area contributed by atoms with Crippen molar-refractivity contribution < 1.29 is 17.5 Å². The van der Waals surface area contributed by atoms with Crippen LogP contribution >= 0.6 is 0 Å². The second-order valence-corrected chi connectivity index (χ2v) is 1.11. The standard InChI is InChI=1S/C4H8O3.Mg.2H/c1-2-3-7-4(5)6;;;/h2-3H2,1H3,(H,5,6);;;/q;+2;2*-1. The van der Waals surface area contributed by atoms with E-state index in [4.69, 9.17) is 5.11 Å². The van der Waals surface area contributed by atoms with Crippen molar-refractivity contribution >= 4 is 29.2 Å². The molecule has 0 aliphatic heterocycles. The van der Waals surface area contributed by atoms with E-state index in [2.05, 4.69) is 4.74 Å². The van der Waals surface area contributed by atoms with Crippen LogP contribution in [0.25, 0.3) is 0 Å². The van der Waals surface area contributed by atoms with Gasteiger partial charge in [-0.15, -0.1) is 0 Å². The Kier molecular flexibility index (Phi) is 9.60. The molecule has 0 fully saturated rings. The van der Waals surface area contributed by atoms with E-state index in [0.29, 0.717) is 6.61 Å². The van der Waals surface area contributed by atoms with Crippen molar-refractivity contribution in [3.8, 4) is 0 Å². The monoisotopic (exact) mass is 130 g/mol. The topological polar surface area (TPSA) is 46.5 Å². The first-order chi connectivity index (χ1) is 3.27. The maximum atomic E-state index is 9.54. The zero-order valence-electron chi connectivity index (χ0n) is 6.89. The summed E-state index contributed by atoms with van der Waals surface area (Å²) in [5.41, 5.74) is 0. The van der Waals surface area contributed by atoms with Crippen LogP contribution in [0.2, 0.25) is 0 Å². The molecule has 46 valence electrons. The molecule has 0 aliphatic rings. The summed E-state index contributed by atoms with van der Waals surface area (Å²) in [7, 11) is 0. The molecule has 3 nitrogen and oxygen atoms in total. The van der Waals surface area contributed by atoms with Gasteiger partial charge in [0.1, 0.15) is 0 Å². The molecule has 0 spiro atoms. The van der Waals surface area contributed by atoms with Crippen molar-refractivity contribution in [2.24, 2.45) is 0 Å². The van der Waals surface area contributed by atoms with Gasteiger partial charge in [-0.25, -0.2) is 4.79 Å². The van der Waals surface area contributed by atoms with Crippen LogP contribution in [0.15, 0.2) is 0 Å². The normalized spacial score (nSPS) is 7.12. The van der Waals surface area contributed by atoms with Crippen LogP contribution in [0.3, 0.4) is 0 Å². The van der Waals surface area contributed by atoms with E-state index in [1.165, 1.54) is 0 Å². The van der Waals surface area contributed by atoms with Gasteiger partial charge in [0, 0.05) is 0 Å². The average Bonchev–Trinajstić information content (AvgIpc) is 1.61. The van der Waals surface area contributed by atoms with Crippen molar-refractivity contribution in [2.45, 2.75) is 13.3 Å². The van der Waals surface area contributed by atoms with Crippen molar-refractivity contribution in [1.29, 1.82) is 0 Å². The third-order valence-electron chi connectivity index (χ3n) is 0.430. The van der Waals surface area contributed by atoms with Crippen LogP contribution in [0.5, 0.6) is 0 Å². The molecular formula is C4H10MgO3. The minimum absolute atomic E-state index is 0. The number of rotatable bonds is 2. The number of ether oxygens (including phenoxy) is 1. The molecule has 0 aromatic carbocycles. The molecule has 4 heteroatoms. The van der Waals surface area contributed by atoms with E-state index >= 15 is 0 Å². The summed E-state index contributed by atoms with van der Waals surface area (Å²) in [6.07, 6.45) is -0.450. The van der Waals surface area contributed by atoms with Gasteiger partial charge in [-0.2, -0.15) is 0 Å². The Morgan fingerprint density at radius 3 is 2.50 bits per heavy atom. The number of carbonyl (C=O) groups is 1. The minimum Gasteiger partial charge on any atom is -1.00 e. The first kappa shape index (κ1) is 10.9. The molecule has 0 aromatic rings. The Balaban J connectivity index is -0.0000000600. The summed E-state index contributed by atoms with van der Waals surface area (Å²) in [5, 5.41) is 7.82. The fourth-order valence-corrected chi connectivity index (χ4v) is 0.189. The molecular weight excluding hydrogens is 120 g/mol. The summed E-state index contributed by atoms with van der Waals surface area (Å²) in [5.74, 6) is 0. The molecule has 0 atom stereocenters. The van der Waals surface area contributed by atoms with Crippen LogP contribution in [-0.2, 0) is 4.74 Å². The summed E-state index contributed by atoms with van der Waals surface area (Å²) >= 11 is 0. The molecule has 0 aliphatic carbocycles. The summed E-state index contributed by atoms with van der Waals surface area (Å²) in [6, 6.07) is 0. The van der Waals surface area contributed by atoms with E-state index in [0.717, 1.165) is 6.42 Å². The molecule has 8 heavy (non-hydrogen) atoms. The van der Waals surface area contributed by atoms with Crippen LogP contribution in [0.4, 0.5) is 4.79 Å². The molecule has 0 amide bonds. The Hall–Kier alpha value is 0.0362. The Morgan fingerprint density at radius 2 is 2.38 bits per heavy atom. The van der Waals surface area contributed by atoms with Crippen molar-refractivity contribution in [2.75, 3.05) is 6.61 Å². The van der Waals surface area contributed by atoms with Gasteiger partial charge >= 0.3 is 29.2 Å². The van der Waals surface area contributed by atoms with E-state index in [9.17, 15) is 4.79 Å². The molecule has 0 bridgehead atoms. The molecule has 0 aromatic heterocycles. The van der Waals surface area contributed by atoms with Crippen molar-refractivity contribution in [1.82, 2.24) is 0 Å². The second kappa shape index (κ2) is 7.04. The molecule has 0 unspecified atom stereocenters. The fourth-order valence-electron chi connectivity index (χ4n) is 0.189. The Labute approximate surface area is 67.1 Å². The van der Waals surface area contributed by atoms with Crippen molar-refractivity contribution in [3.63, 3.8) is 0 Å². The van der Waals surface area contributed by atoms with Gasteiger partial charge in [0.15, 0.2) is 0 Å². The SMILES string of the molecule is CCCOC(=O)O.[H-].[H-].[Mg+2]. The molecule has 0 saturated heterocycles. The zero-order chi connectivity index (χ0) is 5.70. The zero-order valence-corrected chi connectivity index (χ0v) is 6.30. The maximum Gasteiger partial charge on any atom is 2.00 e. The predicted octanol–water partition coefficient (Wildman–Crippen LogP) is 0.935. The van der Waals surface area contributed by atoms with Crippen LogP contribution < -0.4 is 0 Å². The van der Waals surface area contributed by atoms with Crippen LogP contribution in [-0.4, -0.2) is 40.9 Å². The largest absolute Gasteiger partial charge is 2.00 e. The van der Waals surface area contributed by atoms with E-state index in [1.807, 2.05) is 6.92 Å².